The van der Waals surface area contributed by atoms with Gasteiger partial charge in [0.25, 0.3) is 0 Å². The summed E-state index contributed by atoms with van der Waals surface area (Å²) >= 11 is 0. The van der Waals surface area contributed by atoms with E-state index in [0.29, 0.717) is 5.92 Å². The zero-order valence-corrected chi connectivity index (χ0v) is 9.77. The first-order valence-electron chi connectivity index (χ1n) is 5.88. The van der Waals surface area contributed by atoms with Crippen molar-refractivity contribution in [2.45, 2.75) is 32.7 Å². The quantitative estimate of drug-likeness (QED) is 0.835. The van der Waals surface area contributed by atoms with Crippen LogP contribution in [0.5, 0.6) is 0 Å². The molecule has 2 N–H and O–H groups in total. The number of rotatable bonds is 2. The number of aryl methyl sites for hydroxylation is 2. The molecule has 1 fully saturated rings. The maximum Gasteiger partial charge on any atom is 0.140 e. The van der Waals surface area contributed by atoms with Crippen LogP contribution in [-0.2, 0) is 0 Å². The normalized spacial score (nSPS) is 17.9. The fourth-order valence-corrected chi connectivity index (χ4v) is 2.42. The van der Waals surface area contributed by atoms with Crippen LogP contribution in [0, 0.1) is 19.8 Å². The largest absolute Gasteiger partial charge is 0.322 e. The Bertz CT molecular complexity index is 537. The van der Waals surface area contributed by atoms with Gasteiger partial charge < -0.3 is 10.1 Å². The second kappa shape index (κ2) is 3.32. The Morgan fingerprint density at radius 2 is 2.19 bits per heavy atom. The number of aromatic nitrogens is 2. The van der Waals surface area contributed by atoms with Crippen molar-refractivity contribution in [3.05, 3.63) is 35.3 Å². The first-order chi connectivity index (χ1) is 7.68. The van der Waals surface area contributed by atoms with E-state index in [4.69, 9.17) is 5.73 Å². The number of imidazole rings is 1. The Hall–Kier alpha value is -1.35. The van der Waals surface area contributed by atoms with E-state index >= 15 is 0 Å². The second-order valence-corrected chi connectivity index (χ2v) is 4.83. The van der Waals surface area contributed by atoms with Crippen LogP contribution in [0.3, 0.4) is 0 Å². The van der Waals surface area contributed by atoms with E-state index < -0.39 is 0 Å². The van der Waals surface area contributed by atoms with Gasteiger partial charge in [-0.2, -0.15) is 0 Å². The molecule has 84 valence electrons. The van der Waals surface area contributed by atoms with Gasteiger partial charge >= 0.3 is 0 Å². The number of hydrogen-bond donors (Lipinski definition) is 1. The molecule has 0 radical (unpaired) electrons. The van der Waals surface area contributed by atoms with Crippen molar-refractivity contribution in [1.82, 2.24) is 9.38 Å². The minimum Gasteiger partial charge on any atom is -0.322 e. The lowest BCUT2D eigenvalue weighted by molar-refractivity contribution is 0.605. The van der Waals surface area contributed by atoms with E-state index in [1.807, 2.05) is 0 Å². The summed E-state index contributed by atoms with van der Waals surface area (Å²) in [5, 5.41) is 0. The third-order valence-electron chi connectivity index (χ3n) is 3.51. The van der Waals surface area contributed by atoms with Crippen molar-refractivity contribution in [3.63, 3.8) is 0 Å². The Morgan fingerprint density at radius 3 is 2.88 bits per heavy atom. The van der Waals surface area contributed by atoms with Gasteiger partial charge in [0.05, 0.1) is 17.4 Å². The van der Waals surface area contributed by atoms with E-state index in [2.05, 4.69) is 41.6 Å². The molecule has 0 amide bonds. The summed E-state index contributed by atoms with van der Waals surface area (Å²) in [4.78, 5) is 4.63. The summed E-state index contributed by atoms with van der Waals surface area (Å²) in [6.07, 6.45) is 4.60. The molecule has 0 saturated heterocycles. The summed E-state index contributed by atoms with van der Waals surface area (Å²) < 4.78 is 2.16. The highest BCUT2D eigenvalue weighted by Gasteiger charge is 2.32. The molecular weight excluding hydrogens is 198 g/mol. The molecule has 16 heavy (non-hydrogen) atoms. The van der Waals surface area contributed by atoms with Gasteiger partial charge in [0, 0.05) is 6.20 Å². The number of nitrogens with zero attached hydrogens (tertiary/aromatic N) is 2. The Kier molecular flexibility index (Phi) is 2.04. The van der Waals surface area contributed by atoms with Crippen LogP contribution in [-0.4, -0.2) is 9.38 Å². The first kappa shape index (κ1) is 9.85. The number of pyridine rings is 1. The van der Waals surface area contributed by atoms with E-state index in [0.717, 1.165) is 11.3 Å². The van der Waals surface area contributed by atoms with Crippen LogP contribution in [0.15, 0.2) is 18.3 Å². The molecule has 1 aliphatic carbocycles. The van der Waals surface area contributed by atoms with Gasteiger partial charge in [-0.05, 0) is 44.2 Å². The molecule has 3 rings (SSSR count). The van der Waals surface area contributed by atoms with Crippen LogP contribution in [0.25, 0.3) is 5.65 Å². The van der Waals surface area contributed by atoms with Crippen molar-refractivity contribution in [1.29, 1.82) is 0 Å². The lowest BCUT2D eigenvalue weighted by Crippen LogP contribution is -2.15. The fourth-order valence-electron chi connectivity index (χ4n) is 2.42. The van der Waals surface area contributed by atoms with Gasteiger partial charge in [0.1, 0.15) is 5.65 Å². The van der Waals surface area contributed by atoms with Gasteiger partial charge in [0.2, 0.25) is 0 Å². The third-order valence-corrected chi connectivity index (χ3v) is 3.51. The van der Waals surface area contributed by atoms with E-state index in [-0.39, 0.29) is 6.04 Å². The summed E-state index contributed by atoms with van der Waals surface area (Å²) in [5.41, 5.74) is 10.8. The molecule has 1 atom stereocenters. The second-order valence-electron chi connectivity index (χ2n) is 4.83. The smallest absolute Gasteiger partial charge is 0.140 e. The number of hydrogen-bond acceptors (Lipinski definition) is 2. The molecule has 0 spiro atoms. The maximum absolute atomic E-state index is 6.30. The highest BCUT2D eigenvalue weighted by Crippen LogP contribution is 2.40. The topological polar surface area (TPSA) is 43.3 Å². The van der Waals surface area contributed by atoms with Crippen LogP contribution in [0.1, 0.15) is 35.8 Å². The van der Waals surface area contributed by atoms with Gasteiger partial charge in [-0.15, -0.1) is 0 Å². The zero-order valence-electron chi connectivity index (χ0n) is 9.77. The summed E-state index contributed by atoms with van der Waals surface area (Å²) in [7, 11) is 0. The van der Waals surface area contributed by atoms with Crippen LogP contribution in [0.2, 0.25) is 0 Å². The highest BCUT2D eigenvalue weighted by atomic mass is 15.0. The predicted octanol–water partition coefficient (Wildman–Crippen LogP) is 2.36. The molecule has 1 unspecified atom stereocenters. The van der Waals surface area contributed by atoms with Gasteiger partial charge in [-0.3, -0.25) is 0 Å². The Labute approximate surface area is 95.3 Å². The fraction of sp³-hybridized carbons (Fsp3) is 0.462. The van der Waals surface area contributed by atoms with Crippen LogP contribution in [0.4, 0.5) is 0 Å². The third kappa shape index (κ3) is 1.35. The highest BCUT2D eigenvalue weighted by molar-refractivity contribution is 5.50. The van der Waals surface area contributed by atoms with Crippen molar-refractivity contribution in [3.8, 4) is 0 Å². The van der Waals surface area contributed by atoms with Crippen molar-refractivity contribution >= 4 is 5.65 Å². The van der Waals surface area contributed by atoms with Gasteiger partial charge in [-0.1, -0.05) is 6.07 Å². The standard InChI is InChI=1S/C13H17N3/c1-8-4-3-7-16-12(9(2)15-13(8)16)11(14)10-5-6-10/h3-4,7,10-11H,5-6,14H2,1-2H3. The molecule has 3 heteroatoms. The molecule has 0 aromatic carbocycles. The molecule has 2 aromatic heterocycles. The number of nitrogens with two attached hydrogens (primary N) is 1. The minimum absolute atomic E-state index is 0.150. The summed E-state index contributed by atoms with van der Waals surface area (Å²) in [5.74, 6) is 0.666. The SMILES string of the molecule is Cc1nc2c(C)cccn2c1C(N)C1CC1. The predicted molar refractivity (Wildman–Crippen MR) is 64.3 cm³/mol. The maximum atomic E-state index is 6.30. The van der Waals surface area contributed by atoms with Gasteiger partial charge in [-0.25, -0.2) is 4.98 Å². The summed E-state index contributed by atoms with van der Waals surface area (Å²) in [6, 6.07) is 4.30. The minimum atomic E-state index is 0.150. The monoisotopic (exact) mass is 215 g/mol. The van der Waals surface area contributed by atoms with E-state index in [9.17, 15) is 0 Å². The Morgan fingerprint density at radius 1 is 1.44 bits per heavy atom. The molecule has 1 saturated carbocycles. The van der Waals surface area contributed by atoms with Crippen LogP contribution < -0.4 is 5.73 Å². The van der Waals surface area contributed by atoms with E-state index in [1.165, 1.54) is 24.1 Å². The molecule has 0 bridgehead atoms. The molecular formula is C13H17N3. The van der Waals surface area contributed by atoms with Gasteiger partial charge in [0.15, 0.2) is 0 Å². The van der Waals surface area contributed by atoms with Crippen LogP contribution >= 0.6 is 0 Å². The zero-order chi connectivity index (χ0) is 11.3. The molecule has 3 nitrogen and oxygen atoms in total. The molecule has 1 aliphatic rings. The average Bonchev–Trinajstić information content (AvgIpc) is 3.02. The van der Waals surface area contributed by atoms with Crippen molar-refractivity contribution in [2.75, 3.05) is 0 Å². The lowest BCUT2D eigenvalue weighted by Gasteiger charge is -2.11. The van der Waals surface area contributed by atoms with E-state index in [1.54, 1.807) is 0 Å². The summed E-state index contributed by atoms with van der Waals surface area (Å²) in [6.45, 7) is 4.15. The number of fused-ring (bicyclic) bond motifs is 1. The molecule has 2 heterocycles. The van der Waals surface area contributed by atoms with Crippen molar-refractivity contribution < 1.29 is 0 Å². The first-order valence-corrected chi connectivity index (χ1v) is 5.88. The van der Waals surface area contributed by atoms with Crippen molar-refractivity contribution in [2.24, 2.45) is 11.7 Å². The lowest BCUT2D eigenvalue weighted by atomic mass is 10.1. The molecule has 2 aromatic rings. The molecule has 0 aliphatic heterocycles. The average molecular weight is 215 g/mol. The Balaban J connectivity index is 2.22.